The van der Waals surface area contributed by atoms with E-state index in [1.54, 1.807) is 12.3 Å². The standard InChI is InChI=1S/C11H13N3O2/c12-7-1-2-8-6(3-9(13)11(15)16)5-14-10(8)4-7/h1-2,4-5,9,14H,3,12-13H2,(H,15,16)/t9-/m0/s1. The largest absolute Gasteiger partial charge is 0.480 e. The number of hydrogen-bond donors (Lipinski definition) is 4. The Bertz CT molecular complexity index is 533. The van der Waals surface area contributed by atoms with Crippen molar-refractivity contribution in [1.29, 1.82) is 0 Å². The molecule has 2 rings (SSSR count). The van der Waals surface area contributed by atoms with Gasteiger partial charge in [-0.3, -0.25) is 4.79 Å². The van der Waals surface area contributed by atoms with Gasteiger partial charge in [-0.15, -0.1) is 0 Å². The molecule has 0 saturated heterocycles. The van der Waals surface area contributed by atoms with Crippen LogP contribution in [0.4, 0.5) is 5.69 Å². The fourth-order valence-corrected chi connectivity index (χ4v) is 1.70. The molecule has 0 saturated carbocycles. The number of carbonyl (C=O) groups is 1. The van der Waals surface area contributed by atoms with Crippen molar-refractivity contribution in [2.24, 2.45) is 5.73 Å². The maximum Gasteiger partial charge on any atom is 0.320 e. The predicted octanol–water partition coefficient (Wildman–Crippen LogP) is 0.704. The first kappa shape index (κ1) is 10.5. The van der Waals surface area contributed by atoms with Gasteiger partial charge >= 0.3 is 5.97 Å². The van der Waals surface area contributed by atoms with E-state index in [1.165, 1.54) is 0 Å². The molecule has 0 aliphatic heterocycles. The summed E-state index contributed by atoms with van der Waals surface area (Å²) in [5, 5.41) is 9.71. The van der Waals surface area contributed by atoms with Crippen LogP contribution in [0.15, 0.2) is 24.4 Å². The second kappa shape index (κ2) is 3.86. The molecule has 0 fully saturated rings. The minimum atomic E-state index is -0.996. The van der Waals surface area contributed by atoms with E-state index in [2.05, 4.69) is 4.98 Å². The van der Waals surface area contributed by atoms with Crippen LogP contribution in [0.1, 0.15) is 5.56 Å². The summed E-state index contributed by atoms with van der Waals surface area (Å²) in [5.74, 6) is -0.996. The van der Waals surface area contributed by atoms with Gasteiger partial charge in [0.05, 0.1) is 0 Å². The van der Waals surface area contributed by atoms with Crippen LogP contribution in [-0.4, -0.2) is 22.1 Å². The first-order chi connectivity index (χ1) is 7.58. The monoisotopic (exact) mass is 219 g/mol. The number of H-pyrrole nitrogens is 1. The Morgan fingerprint density at radius 1 is 1.50 bits per heavy atom. The minimum Gasteiger partial charge on any atom is -0.480 e. The molecule has 0 bridgehead atoms. The second-order valence-corrected chi connectivity index (χ2v) is 3.77. The van der Waals surface area contributed by atoms with Gasteiger partial charge in [-0.25, -0.2) is 0 Å². The summed E-state index contributed by atoms with van der Waals surface area (Å²) in [7, 11) is 0. The molecule has 0 unspecified atom stereocenters. The number of aliphatic carboxylic acids is 1. The van der Waals surface area contributed by atoms with Crippen molar-refractivity contribution < 1.29 is 9.90 Å². The van der Waals surface area contributed by atoms with Crippen LogP contribution in [0.5, 0.6) is 0 Å². The molecular weight excluding hydrogens is 206 g/mol. The van der Waals surface area contributed by atoms with E-state index in [0.29, 0.717) is 12.1 Å². The number of benzene rings is 1. The number of aromatic amines is 1. The maximum atomic E-state index is 10.7. The summed E-state index contributed by atoms with van der Waals surface area (Å²) >= 11 is 0. The van der Waals surface area contributed by atoms with E-state index in [4.69, 9.17) is 16.6 Å². The van der Waals surface area contributed by atoms with E-state index in [0.717, 1.165) is 16.5 Å². The van der Waals surface area contributed by atoms with Crippen LogP contribution in [0.25, 0.3) is 10.9 Å². The third-order valence-corrected chi connectivity index (χ3v) is 2.55. The van der Waals surface area contributed by atoms with Crippen molar-refractivity contribution in [2.45, 2.75) is 12.5 Å². The van der Waals surface area contributed by atoms with Crippen molar-refractivity contribution in [1.82, 2.24) is 4.98 Å². The van der Waals surface area contributed by atoms with Crippen molar-refractivity contribution >= 4 is 22.6 Å². The summed E-state index contributed by atoms with van der Waals surface area (Å²) in [5.41, 5.74) is 13.6. The highest BCUT2D eigenvalue weighted by atomic mass is 16.4. The predicted molar refractivity (Wildman–Crippen MR) is 62.0 cm³/mol. The van der Waals surface area contributed by atoms with Crippen LogP contribution in [0, 0.1) is 0 Å². The highest BCUT2D eigenvalue weighted by molar-refractivity contribution is 5.86. The molecule has 0 aliphatic rings. The molecule has 84 valence electrons. The molecular formula is C11H13N3O2. The highest BCUT2D eigenvalue weighted by Crippen LogP contribution is 2.21. The minimum absolute atomic E-state index is 0.305. The highest BCUT2D eigenvalue weighted by Gasteiger charge is 2.14. The molecule has 0 amide bonds. The average molecular weight is 219 g/mol. The van der Waals surface area contributed by atoms with Gasteiger partial charge in [0, 0.05) is 29.2 Å². The lowest BCUT2D eigenvalue weighted by molar-refractivity contribution is -0.138. The number of nitrogens with one attached hydrogen (secondary N) is 1. The molecule has 1 aromatic carbocycles. The molecule has 6 N–H and O–H groups in total. The quantitative estimate of drug-likeness (QED) is 0.570. The Morgan fingerprint density at radius 2 is 2.25 bits per heavy atom. The Morgan fingerprint density at radius 3 is 2.94 bits per heavy atom. The van der Waals surface area contributed by atoms with Crippen LogP contribution < -0.4 is 11.5 Å². The number of carboxylic acid groups (broad SMARTS) is 1. The van der Waals surface area contributed by atoms with Crippen molar-refractivity contribution in [2.75, 3.05) is 5.73 Å². The van der Waals surface area contributed by atoms with E-state index < -0.39 is 12.0 Å². The molecule has 0 aliphatic carbocycles. The first-order valence-electron chi connectivity index (χ1n) is 4.92. The van der Waals surface area contributed by atoms with Crippen molar-refractivity contribution in [3.05, 3.63) is 30.0 Å². The Labute approximate surface area is 92.1 Å². The van der Waals surface area contributed by atoms with Gasteiger partial charge in [-0.1, -0.05) is 6.07 Å². The summed E-state index contributed by atoms with van der Waals surface area (Å²) in [4.78, 5) is 13.7. The summed E-state index contributed by atoms with van der Waals surface area (Å²) in [6.07, 6.45) is 2.08. The Balaban J connectivity index is 2.35. The molecule has 5 heteroatoms. The van der Waals surface area contributed by atoms with Gasteiger partial charge in [0.1, 0.15) is 6.04 Å². The van der Waals surface area contributed by atoms with E-state index in [1.807, 2.05) is 12.1 Å². The number of nitrogens with two attached hydrogens (primary N) is 2. The third-order valence-electron chi connectivity index (χ3n) is 2.55. The third kappa shape index (κ3) is 1.85. The van der Waals surface area contributed by atoms with Gasteiger partial charge in [0.2, 0.25) is 0 Å². The number of aromatic nitrogens is 1. The topological polar surface area (TPSA) is 105 Å². The molecule has 0 spiro atoms. The zero-order valence-corrected chi connectivity index (χ0v) is 8.60. The number of hydrogen-bond acceptors (Lipinski definition) is 3. The lowest BCUT2D eigenvalue weighted by Crippen LogP contribution is -2.32. The van der Waals surface area contributed by atoms with Gasteiger partial charge in [-0.2, -0.15) is 0 Å². The number of anilines is 1. The molecule has 5 nitrogen and oxygen atoms in total. The van der Waals surface area contributed by atoms with Crippen LogP contribution in [-0.2, 0) is 11.2 Å². The van der Waals surface area contributed by atoms with Crippen molar-refractivity contribution in [3.8, 4) is 0 Å². The Kier molecular flexibility index (Phi) is 2.54. The second-order valence-electron chi connectivity index (χ2n) is 3.77. The molecule has 0 radical (unpaired) electrons. The van der Waals surface area contributed by atoms with Gasteiger partial charge in [-0.05, 0) is 17.7 Å². The van der Waals surface area contributed by atoms with Gasteiger partial charge < -0.3 is 21.6 Å². The van der Waals surface area contributed by atoms with Gasteiger partial charge in [0.25, 0.3) is 0 Å². The number of fused-ring (bicyclic) bond motifs is 1. The zero-order chi connectivity index (χ0) is 11.7. The SMILES string of the molecule is Nc1ccc2c(C[C@H](N)C(=O)O)c[nH]c2c1. The molecule has 1 heterocycles. The van der Waals surface area contributed by atoms with E-state index in [-0.39, 0.29) is 0 Å². The summed E-state index contributed by atoms with van der Waals surface area (Å²) in [6.45, 7) is 0. The molecule has 16 heavy (non-hydrogen) atoms. The molecule has 1 aromatic heterocycles. The van der Waals surface area contributed by atoms with Crippen LogP contribution in [0.3, 0.4) is 0 Å². The average Bonchev–Trinajstić information content (AvgIpc) is 2.60. The van der Waals surface area contributed by atoms with E-state index >= 15 is 0 Å². The Hall–Kier alpha value is -2.01. The fraction of sp³-hybridized carbons (Fsp3) is 0.182. The zero-order valence-electron chi connectivity index (χ0n) is 8.60. The van der Waals surface area contributed by atoms with Crippen LogP contribution >= 0.6 is 0 Å². The smallest absolute Gasteiger partial charge is 0.320 e. The van der Waals surface area contributed by atoms with Gasteiger partial charge in [0.15, 0.2) is 0 Å². The lowest BCUT2D eigenvalue weighted by atomic mass is 10.1. The van der Waals surface area contributed by atoms with E-state index in [9.17, 15) is 4.79 Å². The van der Waals surface area contributed by atoms with Crippen LogP contribution in [0.2, 0.25) is 0 Å². The van der Waals surface area contributed by atoms with Crippen molar-refractivity contribution in [3.63, 3.8) is 0 Å². The number of carboxylic acids is 1. The summed E-state index contributed by atoms with van der Waals surface area (Å²) in [6, 6.07) is 4.58. The number of nitrogen functional groups attached to an aromatic ring is 1. The lowest BCUT2D eigenvalue weighted by Gasteiger charge is -2.04. The number of rotatable bonds is 3. The fourth-order valence-electron chi connectivity index (χ4n) is 1.70. The first-order valence-corrected chi connectivity index (χ1v) is 4.92. The summed E-state index contributed by atoms with van der Waals surface area (Å²) < 4.78 is 0. The normalized spacial score (nSPS) is 12.8. The molecule has 1 atom stereocenters. The molecule has 2 aromatic rings. The maximum absolute atomic E-state index is 10.7.